The molecule has 0 aliphatic carbocycles. The van der Waals surface area contributed by atoms with Gasteiger partial charge in [-0.1, -0.05) is 43.2 Å². The Morgan fingerprint density at radius 1 is 0.852 bits per heavy atom. The second-order valence-corrected chi connectivity index (χ2v) is 6.75. The first kappa shape index (κ1) is 20.5. The van der Waals surface area contributed by atoms with E-state index in [-0.39, 0.29) is 11.8 Å². The summed E-state index contributed by atoms with van der Waals surface area (Å²) < 4.78 is 0. The molecule has 5 nitrogen and oxygen atoms in total. The molecular weight excluding hydrogens is 338 g/mol. The standard InChI is InChI=1S/C22H29N3O2/c1-25(2)20-15-10-9-14-19(20)22(27)23-17-11-4-3-8-16-21(26)24-18-12-6-5-7-13-18/h5-7,9-10,12-15H,3-4,8,11,16-17H2,1-2H3,(H,23,27)(H,24,26). The van der Waals surface area contributed by atoms with E-state index in [0.717, 1.165) is 37.1 Å². The Morgan fingerprint density at radius 2 is 1.52 bits per heavy atom. The number of para-hydroxylation sites is 2. The lowest BCUT2D eigenvalue weighted by Gasteiger charge is -2.16. The molecule has 0 aliphatic rings. The monoisotopic (exact) mass is 367 g/mol. The third-order valence-corrected chi connectivity index (χ3v) is 4.30. The van der Waals surface area contributed by atoms with Crippen LogP contribution < -0.4 is 15.5 Å². The van der Waals surface area contributed by atoms with Crippen LogP contribution >= 0.6 is 0 Å². The van der Waals surface area contributed by atoms with Crippen molar-refractivity contribution in [3.05, 3.63) is 60.2 Å². The molecule has 0 fully saturated rings. The molecule has 2 aromatic rings. The third-order valence-electron chi connectivity index (χ3n) is 4.30. The second kappa shape index (κ2) is 11.0. The number of anilines is 2. The van der Waals surface area contributed by atoms with E-state index in [0.29, 0.717) is 18.5 Å². The van der Waals surface area contributed by atoms with Gasteiger partial charge in [0, 0.05) is 38.4 Å². The molecule has 0 radical (unpaired) electrons. The minimum atomic E-state index is -0.0402. The molecule has 0 aromatic heterocycles. The fourth-order valence-corrected chi connectivity index (χ4v) is 2.86. The van der Waals surface area contributed by atoms with Gasteiger partial charge in [-0.15, -0.1) is 0 Å². The molecule has 2 aromatic carbocycles. The van der Waals surface area contributed by atoms with Gasteiger partial charge in [0.1, 0.15) is 0 Å². The Labute approximate surface area is 161 Å². The number of carbonyl (C=O) groups excluding carboxylic acids is 2. The number of nitrogens with one attached hydrogen (secondary N) is 2. The number of hydrogen-bond acceptors (Lipinski definition) is 3. The average Bonchev–Trinajstić information content (AvgIpc) is 2.67. The summed E-state index contributed by atoms with van der Waals surface area (Å²) in [6, 6.07) is 17.1. The van der Waals surface area contributed by atoms with Crippen molar-refractivity contribution in [1.82, 2.24) is 5.32 Å². The average molecular weight is 367 g/mol. The molecule has 0 saturated carbocycles. The number of nitrogens with zero attached hydrogens (tertiary/aromatic N) is 1. The van der Waals surface area contributed by atoms with Crippen molar-refractivity contribution in [2.24, 2.45) is 0 Å². The highest BCUT2D eigenvalue weighted by molar-refractivity contribution is 5.99. The van der Waals surface area contributed by atoms with E-state index < -0.39 is 0 Å². The van der Waals surface area contributed by atoms with Crippen LogP contribution in [0, 0.1) is 0 Å². The number of unbranched alkanes of at least 4 members (excludes halogenated alkanes) is 3. The Kier molecular flexibility index (Phi) is 8.36. The highest BCUT2D eigenvalue weighted by Crippen LogP contribution is 2.17. The van der Waals surface area contributed by atoms with Gasteiger partial charge in [-0.2, -0.15) is 0 Å². The smallest absolute Gasteiger partial charge is 0.253 e. The molecule has 5 heteroatoms. The van der Waals surface area contributed by atoms with Crippen LogP contribution in [-0.2, 0) is 4.79 Å². The van der Waals surface area contributed by atoms with Gasteiger partial charge in [-0.25, -0.2) is 0 Å². The Hall–Kier alpha value is -2.82. The van der Waals surface area contributed by atoms with Crippen molar-refractivity contribution in [2.45, 2.75) is 32.1 Å². The van der Waals surface area contributed by atoms with Gasteiger partial charge >= 0.3 is 0 Å². The number of amides is 2. The summed E-state index contributed by atoms with van der Waals surface area (Å²) in [5, 5.41) is 5.87. The van der Waals surface area contributed by atoms with Gasteiger partial charge in [-0.3, -0.25) is 9.59 Å². The predicted octanol–water partition coefficient (Wildman–Crippen LogP) is 4.07. The van der Waals surface area contributed by atoms with Crippen LogP contribution in [0.4, 0.5) is 11.4 Å². The number of benzene rings is 2. The van der Waals surface area contributed by atoms with Crippen molar-refractivity contribution in [2.75, 3.05) is 30.9 Å². The van der Waals surface area contributed by atoms with Crippen molar-refractivity contribution in [3.8, 4) is 0 Å². The van der Waals surface area contributed by atoms with Gasteiger partial charge in [-0.05, 0) is 37.1 Å². The molecule has 27 heavy (non-hydrogen) atoms. The van der Waals surface area contributed by atoms with E-state index in [4.69, 9.17) is 0 Å². The van der Waals surface area contributed by atoms with E-state index in [1.54, 1.807) is 0 Å². The van der Waals surface area contributed by atoms with Crippen LogP contribution in [0.1, 0.15) is 42.5 Å². The lowest BCUT2D eigenvalue weighted by Crippen LogP contribution is -2.26. The van der Waals surface area contributed by atoms with Gasteiger partial charge in [0.05, 0.1) is 5.56 Å². The van der Waals surface area contributed by atoms with Gasteiger partial charge in [0.25, 0.3) is 5.91 Å². The van der Waals surface area contributed by atoms with Crippen LogP contribution in [0.2, 0.25) is 0 Å². The fourth-order valence-electron chi connectivity index (χ4n) is 2.86. The lowest BCUT2D eigenvalue weighted by atomic mass is 10.1. The summed E-state index contributed by atoms with van der Waals surface area (Å²) >= 11 is 0. The highest BCUT2D eigenvalue weighted by atomic mass is 16.2. The predicted molar refractivity (Wildman–Crippen MR) is 111 cm³/mol. The van der Waals surface area contributed by atoms with Crippen LogP contribution in [0.5, 0.6) is 0 Å². The minimum Gasteiger partial charge on any atom is -0.377 e. The Morgan fingerprint density at radius 3 is 2.26 bits per heavy atom. The fraction of sp³-hybridized carbons (Fsp3) is 0.364. The van der Waals surface area contributed by atoms with E-state index >= 15 is 0 Å². The molecular formula is C22H29N3O2. The van der Waals surface area contributed by atoms with E-state index in [1.807, 2.05) is 73.6 Å². The molecule has 2 amide bonds. The Bertz CT molecular complexity index is 729. The van der Waals surface area contributed by atoms with Crippen LogP contribution in [0.25, 0.3) is 0 Å². The van der Waals surface area contributed by atoms with Crippen molar-refractivity contribution in [3.63, 3.8) is 0 Å². The summed E-state index contributed by atoms with van der Waals surface area (Å²) in [6.45, 7) is 0.650. The topological polar surface area (TPSA) is 61.4 Å². The van der Waals surface area contributed by atoms with Crippen molar-refractivity contribution < 1.29 is 9.59 Å². The van der Waals surface area contributed by atoms with Crippen LogP contribution in [-0.4, -0.2) is 32.5 Å². The quantitative estimate of drug-likeness (QED) is 0.622. The summed E-state index contributed by atoms with van der Waals surface area (Å²) in [4.78, 5) is 26.1. The number of rotatable bonds is 10. The van der Waals surface area contributed by atoms with E-state index in [2.05, 4.69) is 10.6 Å². The molecule has 2 rings (SSSR count). The van der Waals surface area contributed by atoms with Gasteiger partial charge in [0.2, 0.25) is 5.91 Å². The molecule has 0 aliphatic heterocycles. The molecule has 144 valence electrons. The maximum Gasteiger partial charge on any atom is 0.253 e. The zero-order chi connectivity index (χ0) is 19.5. The SMILES string of the molecule is CN(C)c1ccccc1C(=O)NCCCCCCC(=O)Nc1ccccc1. The minimum absolute atomic E-state index is 0.0402. The summed E-state index contributed by atoms with van der Waals surface area (Å²) in [5.41, 5.74) is 2.45. The normalized spacial score (nSPS) is 10.3. The molecule has 2 N–H and O–H groups in total. The van der Waals surface area contributed by atoms with E-state index in [1.165, 1.54) is 0 Å². The lowest BCUT2D eigenvalue weighted by molar-refractivity contribution is -0.116. The molecule has 0 spiro atoms. The first-order valence-electron chi connectivity index (χ1n) is 9.47. The summed E-state index contributed by atoms with van der Waals surface area (Å²) in [7, 11) is 3.86. The van der Waals surface area contributed by atoms with Crippen LogP contribution in [0.3, 0.4) is 0 Å². The van der Waals surface area contributed by atoms with Crippen LogP contribution in [0.15, 0.2) is 54.6 Å². The zero-order valence-corrected chi connectivity index (χ0v) is 16.2. The first-order chi connectivity index (χ1) is 13.1. The molecule has 0 atom stereocenters. The highest BCUT2D eigenvalue weighted by Gasteiger charge is 2.11. The first-order valence-corrected chi connectivity index (χ1v) is 9.47. The molecule has 0 saturated heterocycles. The summed E-state index contributed by atoms with van der Waals surface area (Å²) in [5.74, 6) is 0.0105. The number of carbonyl (C=O) groups is 2. The van der Waals surface area contributed by atoms with E-state index in [9.17, 15) is 9.59 Å². The van der Waals surface area contributed by atoms with Crippen molar-refractivity contribution >= 4 is 23.2 Å². The zero-order valence-electron chi connectivity index (χ0n) is 16.2. The maximum atomic E-state index is 12.3. The maximum absolute atomic E-state index is 12.3. The number of hydrogen-bond donors (Lipinski definition) is 2. The second-order valence-electron chi connectivity index (χ2n) is 6.75. The molecule has 0 heterocycles. The largest absolute Gasteiger partial charge is 0.377 e. The van der Waals surface area contributed by atoms with Crippen molar-refractivity contribution in [1.29, 1.82) is 0 Å². The third kappa shape index (κ3) is 7.13. The van der Waals surface area contributed by atoms with Gasteiger partial charge in [0.15, 0.2) is 0 Å². The summed E-state index contributed by atoms with van der Waals surface area (Å²) in [6.07, 6.45) is 4.27. The Balaban J connectivity index is 1.58. The van der Waals surface area contributed by atoms with Gasteiger partial charge < -0.3 is 15.5 Å². The molecule has 0 unspecified atom stereocenters. The molecule has 0 bridgehead atoms.